The number of rotatable bonds is 8. The molecule has 1 N–H and O–H groups in total. The summed E-state index contributed by atoms with van der Waals surface area (Å²) >= 11 is 14.9. The molecule has 0 saturated carbocycles. The minimum atomic E-state index is -0.165. The Bertz CT molecular complexity index is 1300. The lowest BCUT2D eigenvalue weighted by Gasteiger charge is -2.09. The second-order valence-corrected chi connectivity index (χ2v) is 10.5. The molecule has 0 unspecified atom stereocenters. The fraction of sp³-hybridized carbons (Fsp3) is 0.250. The molecule has 4 aromatic rings. The molecule has 0 aliphatic rings. The number of hydrogen-bond donors (Lipinski definition) is 1. The van der Waals surface area contributed by atoms with Crippen LogP contribution in [0.4, 0.5) is 5.13 Å². The molecular weight excluding hydrogens is 509 g/mol. The molecule has 6 nitrogen and oxygen atoms in total. The number of thiazole rings is 1. The molecule has 4 rings (SSSR count). The monoisotopic (exact) mass is 531 g/mol. The van der Waals surface area contributed by atoms with E-state index in [0.717, 1.165) is 17.0 Å². The number of benzene rings is 2. The first-order chi connectivity index (χ1) is 16.4. The minimum absolute atomic E-state index is 0.165. The fourth-order valence-corrected chi connectivity index (χ4v) is 5.38. The summed E-state index contributed by atoms with van der Waals surface area (Å²) in [6.45, 7) is 7.08. The van der Waals surface area contributed by atoms with E-state index in [1.807, 2.05) is 22.9 Å². The number of thioether (sulfide) groups is 1. The highest BCUT2D eigenvalue weighted by atomic mass is 35.5. The zero-order valence-corrected chi connectivity index (χ0v) is 22.0. The summed E-state index contributed by atoms with van der Waals surface area (Å²) in [6.07, 6.45) is 0. The van der Waals surface area contributed by atoms with E-state index >= 15 is 0 Å². The second-order valence-electron chi connectivity index (χ2n) is 7.83. The number of carbonyl (C=O) groups is 1. The van der Waals surface area contributed by atoms with Crippen molar-refractivity contribution in [1.29, 1.82) is 0 Å². The minimum Gasteiger partial charge on any atom is -0.302 e. The van der Waals surface area contributed by atoms with E-state index in [-0.39, 0.29) is 11.7 Å². The molecule has 0 aliphatic carbocycles. The van der Waals surface area contributed by atoms with Crippen LogP contribution in [0.5, 0.6) is 0 Å². The normalized spacial score (nSPS) is 11.2. The van der Waals surface area contributed by atoms with Gasteiger partial charge in [-0.3, -0.25) is 4.79 Å². The Morgan fingerprint density at radius 2 is 1.91 bits per heavy atom. The molecule has 0 spiro atoms. The van der Waals surface area contributed by atoms with Gasteiger partial charge in [0.25, 0.3) is 0 Å². The van der Waals surface area contributed by atoms with Crippen molar-refractivity contribution < 1.29 is 4.79 Å². The van der Waals surface area contributed by atoms with Gasteiger partial charge in [-0.2, -0.15) is 0 Å². The molecule has 0 saturated heterocycles. The Balaban J connectivity index is 1.40. The van der Waals surface area contributed by atoms with Crippen molar-refractivity contribution in [3.8, 4) is 22.6 Å². The van der Waals surface area contributed by atoms with Crippen LogP contribution in [0, 0.1) is 0 Å². The number of aromatic nitrogens is 4. The van der Waals surface area contributed by atoms with Crippen molar-refractivity contribution in [2.24, 2.45) is 0 Å². The fourth-order valence-electron chi connectivity index (χ4n) is 3.35. The Morgan fingerprint density at radius 1 is 1.15 bits per heavy atom. The molecule has 0 aliphatic heterocycles. The molecule has 0 radical (unpaired) electrons. The van der Waals surface area contributed by atoms with Gasteiger partial charge in [0.1, 0.15) is 0 Å². The van der Waals surface area contributed by atoms with E-state index in [2.05, 4.69) is 58.6 Å². The molecule has 0 fully saturated rings. The highest BCUT2D eigenvalue weighted by Gasteiger charge is 2.16. The van der Waals surface area contributed by atoms with Crippen molar-refractivity contribution >= 4 is 57.3 Å². The molecule has 176 valence electrons. The van der Waals surface area contributed by atoms with E-state index in [0.29, 0.717) is 38.5 Å². The topological polar surface area (TPSA) is 72.7 Å². The largest absolute Gasteiger partial charge is 0.302 e. The standard InChI is InChI=1S/C24H23Cl2N5OS2/c1-4-31-22(16-7-5-15(6-8-16)14(2)3)29-30-24(31)34-13-21(32)28-23-27-20(12-33-23)18-10-9-17(25)11-19(18)26/h5-12,14H,4,13H2,1-3H3,(H,27,28,32). The van der Waals surface area contributed by atoms with Gasteiger partial charge < -0.3 is 9.88 Å². The first-order valence-corrected chi connectivity index (χ1v) is 13.3. The molecule has 0 bridgehead atoms. The summed E-state index contributed by atoms with van der Waals surface area (Å²) in [5, 5.41) is 15.7. The van der Waals surface area contributed by atoms with Gasteiger partial charge in [-0.25, -0.2) is 4.98 Å². The van der Waals surface area contributed by atoms with Crippen LogP contribution in [0.3, 0.4) is 0 Å². The predicted molar refractivity (Wildman–Crippen MR) is 142 cm³/mol. The number of nitrogens with one attached hydrogen (secondary N) is 1. The number of halogens is 2. The summed E-state index contributed by atoms with van der Waals surface area (Å²) in [5.74, 6) is 1.30. The first kappa shape index (κ1) is 24.7. The lowest BCUT2D eigenvalue weighted by Crippen LogP contribution is -2.14. The average Bonchev–Trinajstić information content (AvgIpc) is 3.44. The van der Waals surface area contributed by atoms with Gasteiger partial charge in [0.05, 0.1) is 16.5 Å². The molecular formula is C24H23Cl2N5OS2. The van der Waals surface area contributed by atoms with Crippen LogP contribution >= 0.6 is 46.3 Å². The number of hydrogen-bond acceptors (Lipinski definition) is 6. The maximum atomic E-state index is 12.6. The van der Waals surface area contributed by atoms with Crippen molar-refractivity contribution in [3.05, 3.63) is 63.5 Å². The van der Waals surface area contributed by atoms with Gasteiger partial charge in [-0.05, 0) is 36.6 Å². The van der Waals surface area contributed by atoms with Gasteiger partial charge in [0.15, 0.2) is 16.1 Å². The maximum Gasteiger partial charge on any atom is 0.236 e. The molecule has 1 amide bonds. The molecule has 2 heterocycles. The van der Waals surface area contributed by atoms with Crippen LogP contribution < -0.4 is 5.32 Å². The summed E-state index contributed by atoms with van der Waals surface area (Å²) in [7, 11) is 0. The third-order valence-electron chi connectivity index (χ3n) is 5.16. The average molecular weight is 533 g/mol. The second kappa shape index (κ2) is 10.9. The lowest BCUT2D eigenvalue weighted by molar-refractivity contribution is -0.113. The Labute approximate surface area is 216 Å². The first-order valence-electron chi connectivity index (χ1n) is 10.7. The van der Waals surface area contributed by atoms with E-state index < -0.39 is 0 Å². The SMILES string of the molecule is CCn1c(SCC(=O)Nc2nc(-c3ccc(Cl)cc3Cl)cs2)nnc1-c1ccc(C(C)C)cc1. The predicted octanol–water partition coefficient (Wildman–Crippen LogP) is 7.25. The number of amides is 1. The summed E-state index contributed by atoms with van der Waals surface area (Å²) in [4.78, 5) is 17.0. The third kappa shape index (κ3) is 5.63. The van der Waals surface area contributed by atoms with Crippen molar-refractivity contribution in [1.82, 2.24) is 19.7 Å². The quantitative estimate of drug-likeness (QED) is 0.242. The number of nitrogens with zero attached hydrogens (tertiary/aromatic N) is 4. The Morgan fingerprint density at radius 3 is 2.59 bits per heavy atom. The van der Waals surface area contributed by atoms with E-state index in [1.165, 1.54) is 28.7 Å². The third-order valence-corrected chi connectivity index (χ3v) is 7.43. The van der Waals surface area contributed by atoms with Crippen LogP contribution in [0.25, 0.3) is 22.6 Å². The van der Waals surface area contributed by atoms with E-state index in [4.69, 9.17) is 23.2 Å². The van der Waals surface area contributed by atoms with Gasteiger partial charge >= 0.3 is 0 Å². The van der Waals surface area contributed by atoms with Crippen LogP contribution in [0.1, 0.15) is 32.3 Å². The van der Waals surface area contributed by atoms with Crippen LogP contribution in [-0.4, -0.2) is 31.4 Å². The number of carbonyl (C=O) groups excluding carboxylic acids is 1. The molecule has 34 heavy (non-hydrogen) atoms. The Hall–Kier alpha value is -2.39. The van der Waals surface area contributed by atoms with E-state index in [9.17, 15) is 4.79 Å². The van der Waals surface area contributed by atoms with Gasteiger partial charge in [0, 0.05) is 28.1 Å². The van der Waals surface area contributed by atoms with Crippen molar-refractivity contribution in [2.45, 2.75) is 38.4 Å². The van der Waals surface area contributed by atoms with Crippen LogP contribution in [-0.2, 0) is 11.3 Å². The summed E-state index contributed by atoms with van der Waals surface area (Å²) in [5.41, 5.74) is 3.74. The van der Waals surface area contributed by atoms with Gasteiger partial charge in [-0.15, -0.1) is 21.5 Å². The van der Waals surface area contributed by atoms with Gasteiger partial charge in [-0.1, -0.05) is 73.1 Å². The van der Waals surface area contributed by atoms with Crippen molar-refractivity contribution in [3.63, 3.8) is 0 Å². The lowest BCUT2D eigenvalue weighted by atomic mass is 10.0. The van der Waals surface area contributed by atoms with E-state index in [1.54, 1.807) is 12.1 Å². The zero-order valence-electron chi connectivity index (χ0n) is 18.9. The zero-order chi connectivity index (χ0) is 24.2. The molecule has 2 aromatic carbocycles. The summed E-state index contributed by atoms with van der Waals surface area (Å²) in [6, 6.07) is 13.6. The molecule has 2 aromatic heterocycles. The highest BCUT2D eigenvalue weighted by molar-refractivity contribution is 7.99. The smallest absolute Gasteiger partial charge is 0.236 e. The number of anilines is 1. The van der Waals surface area contributed by atoms with Gasteiger partial charge in [0.2, 0.25) is 5.91 Å². The van der Waals surface area contributed by atoms with Crippen LogP contribution in [0.2, 0.25) is 10.0 Å². The maximum absolute atomic E-state index is 12.6. The molecule has 10 heteroatoms. The van der Waals surface area contributed by atoms with Crippen molar-refractivity contribution in [2.75, 3.05) is 11.1 Å². The highest BCUT2D eigenvalue weighted by Crippen LogP contribution is 2.32. The van der Waals surface area contributed by atoms with Crippen LogP contribution in [0.15, 0.2) is 53.0 Å². The molecule has 0 atom stereocenters. The summed E-state index contributed by atoms with van der Waals surface area (Å²) < 4.78 is 2.02. The Kier molecular flexibility index (Phi) is 7.93.